The zero-order chi connectivity index (χ0) is 21.9. The molecule has 0 bridgehead atoms. The molecule has 2 aliphatic rings. The average molecular weight is 437 g/mol. The van der Waals surface area contributed by atoms with E-state index in [0.29, 0.717) is 17.6 Å². The molecule has 3 heterocycles. The molecule has 1 amide bonds. The molecule has 2 aromatic heterocycles. The average Bonchev–Trinajstić information content (AvgIpc) is 3.26. The summed E-state index contributed by atoms with van der Waals surface area (Å²) in [7, 11) is 0. The number of rotatable bonds is 5. The molecule has 0 spiro atoms. The lowest BCUT2D eigenvalue weighted by molar-refractivity contribution is -0.121. The first-order chi connectivity index (χ1) is 15.6. The third-order valence-electron chi connectivity index (χ3n) is 6.72. The van der Waals surface area contributed by atoms with Crippen LogP contribution in [0.2, 0.25) is 0 Å². The van der Waals surface area contributed by atoms with E-state index in [2.05, 4.69) is 20.2 Å². The van der Waals surface area contributed by atoms with Crippen LogP contribution in [-0.4, -0.2) is 53.6 Å². The summed E-state index contributed by atoms with van der Waals surface area (Å²) in [5.74, 6) is 2.82. The van der Waals surface area contributed by atoms with Crippen LogP contribution in [0.15, 0.2) is 41.1 Å². The third-order valence-corrected chi connectivity index (χ3v) is 6.72. The van der Waals surface area contributed by atoms with E-state index in [4.69, 9.17) is 9.15 Å². The number of oxazole rings is 1. The maximum absolute atomic E-state index is 12.9. The van der Waals surface area contributed by atoms with Crippen LogP contribution in [0, 0.1) is 18.8 Å². The van der Waals surface area contributed by atoms with Gasteiger partial charge in [-0.25, -0.2) is 9.97 Å². The highest BCUT2D eigenvalue weighted by Gasteiger charge is 2.28. The van der Waals surface area contributed by atoms with Crippen molar-refractivity contribution in [1.82, 2.24) is 14.9 Å². The summed E-state index contributed by atoms with van der Waals surface area (Å²) in [5.41, 5.74) is 0.958. The summed E-state index contributed by atoms with van der Waals surface area (Å²) in [6, 6.07) is 7.99. The second-order valence-corrected chi connectivity index (χ2v) is 8.99. The van der Waals surface area contributed by atoms with Crippen LogP contribution in [0.5, 0.6) is 0 Å². The van der Waals surface area contributed by atoms with Crippen LogP contribution in [0.4, 0.5) is 5.82 Å². The van der Waals surface area contributed by atoms with E-state index in [-0.39, 0.29) is 13.3 Å². The van der Waals surface area contributed by atoms with Gasteiger partial charge in [-0.3, -0.25) is 9.69 Å². The van der Waals surface area contributed by atoms with E-state index in [0.717, 1.165) is 80.6 Å². The predicted molar refractivity (Wildman–Crippen MR) is 125 cm³/mol. The summed E-state index contributed by atoms with van der Waals surface area (Å²) in [6.07, 6.45) is 7.66. The normalized spacial score (nSPS) is 22.2. The monoisotopic (exact) mass is 436 g/mol. The molecule has 7 heteroatoms. The zero-order valence-corrected chi connectivity index (χ0v) is 18.5. The van der Waals surface area contributed by atoms with Crippen molar-refractivity contribution >= 4 is 22.5 Å². The minimum absolute atomic E-state index is 0. The Morgan fingerprint density at radius 2 is 1.91 bits per heavy atom. The first-order valence-electron chi connectivity index (χ1n) is 11.6. The van der Waals surface area contributed by atoms with E-state index in [1.54, 1.807) is 12.4 Å². The van der Waals surface area contributed by atoms with Crippen molar-refractivity contribution < 1.29 is 15.4 Å². The van der Waals surface area contributed by atoms with Gasteiger partial charge in [0.2, 0.25) is 5.91 Å². The molecule has 1 N–H and O–H groups in total. The fraction of sp³-hybridized carbons (Fsp3) is 0.480. The molecule has 0 atom stereocenters. The van der Waals surface area contributed by atoms with Crippen LogP contribution >= 0.6 is 0 Å². The number of carbonyl (C=O) groups excluding carboxylic acids is 1. The highest BCUT2D eigenvalue weighted by atomic mass is 16.5. The molecule has 170 valence electrons. The highest BCUT2D eigenvalue weighted by molar-refractivity contribution is 5.94. The van der Waals surface area contributed by atoms with Gasteiger partial charge in [0.15, 0.2) is 11.7 Å². The van der Waals surface area contributed by atoms with Gasteiger partial charge in [-0.1, -0.05) is 12.1 Å². The van der Waals surface area contributed by atoms with Gasteiger partial charge in [-0.05, 0) is 49.1 Å². The third kappa shape index (κ3) is 4.84. The number of morpholine rings is 1. The number of aryl methyl sites for hydroxylation is 1. The van der Waals surface area contributed by atoms with Gasteiger partial charge in [0, 0.05) is 51.0 Å². The quantitative estimate of drug-likeness (QED) is 0.633. The van der Waals surface area contributed by atoms with E-state index < -0.39 is 0 Å². The largest absolute Gasteiger partial charge is 0.441 e. The van der Waals surface area contributed by atoms with Crippen molar-refractivity contribution in [3.63, 3.8) is 0 Å². The highest BCUT2D eigenvalue weighted by Crippen LogP contribution is 2.31. The van der Waals surface area contributed by atoms with Gasteiger partial charge in [-0.15, -0.1) is 0 Å². The Hall–Kier alpha value is -2.77. The van der Waals surface area contributed by atoms with Crippen LogP contribution in [0.1, 0.15) is 33.0 Å². The van der Waals surface area contributed by atoms with E-state index in [1.807, 2.05) is 31.2 Å². The maximum Gasteiger partial charge on any atom is 0.228 e. The second kappa shape index (κ2) is 9.38. The molecule has 7 nitrogen and oxygen atoms in total. The zero-order valence-electron chi connectivity index (χ0n) is 18.5. The fourth-order valence-electron chi connectivity index (χ4n) is 4.84. The van der Waals surface area contributed by atoms with E-state index in [9.17, 15) is 4.79 Å². The molecule has 1 aliphatic heterocycles. The Labute approximate surface area is 189 Å². The molecule has 1 saturated heterocycles. The smallest absolute Gasteiger partial charge is 0.228 e. The van der Waals surface area contributed by atoms with Crippen LogP contribution in [0.3, 0.4) is 0 Å². The van der Waals surface area contributed by atoms with Gasteiger partial charge in [0.05, 0.1) is 19.4 Å². The number of amides is 1. The Morgan fingerprint density at radius 1 is 1.09 bits per heavy atom. The van der Waals surface area contributed by atoms with E-state index in [1.165, 1.54) is 0 Å². The van der Waals surface area contributed by atoms with Crippen LogP contribution in [-0.2, 0) is 9.53 Å². The van der Waals surface area contributed by atoms with Crippen molar-refractivity contribution in [2.45, 2.75) is 32.6 Å². The minimum Gasteiger partial charge on any atom is -0.441 e. The summed E-state index contributed by atoms with van der Waals surface area (Å²) >= 11 is 0. The number of hydrogen-bond acceptors (Lipinski definition) is 6. The molecule has 0 radical (unpaired) electrons. The molecule has 1 aromatic carbocycles. The number of carbonyl (C=O) groups is 1. The number of anilines is 1. The lowest BCUT2D eigenvalue weighted by Crippen LogP contribution is -2.40. The van der Waals surface area contributed by atoms with Gasteiger partial charge < -0.3 is 14.5 Å². The predicted octanol–water partition coefficient (Wildman–Crippen LogP) is 4.52. The Bertz CT molecular complexity index is 1090. The molecule has 1 saturated carbocycles. The maximum atomic E-state index is 12.9. The van der Waals surface area contributed by atoms with Crippen molar-refractivity contribution in [3.8, 4) is 11.3 Å². The van der Waals surface area contributed by atoms with Crippen molar-refractivity contribution in [1.29, 1.82) is 0 Å². The lowest BCUT2D eigenvalue weighted by atomic mass is 9.81. The van der Waals surface area contributed by atoms with Crippen molar-refractivity contribution in [2.24, 2.45) is 11.8 Å². The molecule has 2 fully saturated rings. The first-order valence-corrected chi connectivity index (χ1v) is 11.6. The standard InChI is InChI=1S/C25H30N4O3.H2/c1-17-26-15-23(32-17)20-6-7-21-14-27-24(13-22(21)12-20)28-25(30)19-4-2-18(3-5-19)16-29-8-10-31-11-9-29;/h6-7,12-15,18-19H,2-5,8-11,16H2,1H3,(H,27,28,30);1H. The molecule has 5 rings (SSSR count). The number of benzene rings is 1. The first kappa shape index (κ1) is 21.1. The molecule has 3 aromatic rings. The molecule has 32 heavy (non-hydrogen) atoms. The van der Waals surface area contributed by atoms with Gasteiger partial charge >= 0.3 is 0 Å². The van der Waals surface area contributed by atoms with Crippen molar-refractivity contribution in [3.05, 3.63) is 42.5 Å². The van der Waals surface area contributed by atoms with Gasteiger partial charge in [0.25, 0.3) is 0 Å². The summed E-state index contributed by atoms with van der Waals surface area (Å²) in [6.45, 7) is 6.72. The molecule has 1 aliphatic carbocycles. The van der Waals surface area contributed by atoms with Crippen LogP contribution < -0.4 is 5.32 Å². The number of ether oxygens (including phenoxy) is 1. The number of nitrogens with one attached hydrogen (secondary N) is 1. The topological polar surface area (TPSA) is 80.5 Å². The molecule has 0 unspecified atom stereocenters. The number of nitrogens with zero attached hydrogens (tertiary/aromatic N) is 3. The number of fused-ring (bicyclic) bond motifs is 1. The Kier molecular flexibility index (Phi) is 6.19. The summed E-state index contributed by atoms with van der Waals surface area (Å²) < 4.78 is 11.1. The fourth-order valence-corrected chi connectivity index (χ4v) is 4.84. The number of hydrogen-bond donors (Lipinski definition) is 1. The molecular weight excluding hydrogens is 404 g/mol. The van der Waals surface area contributed by atoms with Crippen molar-refractivity contribution in [2.75, 3.05) is 38.2 Å². The Morgan fingerprint density at radius 3 is 2.66 bits per heavy atom. The molecular formula is C25H32N4O3. The lowest BCUT2D eigenvalue weighted by Gasteiger charge is -2.34. The second-order valence-electron chi connectivity index (χ2n) is 8.99. The number of aromatic nitrogens is 2. The minimum atomic E-state index is 0. The van der Waals surface area contributed by atoms with Gasteiger partial charge in [0.1, 0.15) is 5.82 Å². The van der Waals surface area contributed by atoms with E-state index >= 15 is 0 Å². The summed E-state index contributed by atoms with van der Waals surface area (Å²) in [4.78, 5) is 24.0. The Balaban J connectivity index is 0.00000259. The van der Waals surface area contributed by atoms with Crippen LogP contribution in [0.25, 0.3) is 22.1 Å². The number of pyridine rings is 1. The summed E-state index contributed by atoms with van der Waals surface area (Å²) in [5, 5.41) is 5.08. The van der Waals surface area contributed by atoms with Gasteiger partial charge in [-0.2, -0.15) is 0 Å². The SMILES string of the molecule is Cc1ncc(-c2ccc3cnc(NC(=O)C4CCC(CN5CCOCC5)CC4)cc3c2)o1.[HH].